The lowest BCUT2D eigenvalue weighted by molar-refractivity contribution is -0.192. The van der Waals surface area contributed by atoms with Gasteiger partial charge in [-0.2, -0.15) is 17.5 Å². The molecule has 1 aliphatic rings. The van der Waals surface area contributed by atoms with Crippen molar-refractivity contribution >= 4 is 16.0 Å². The highest BCUT2D eigenvalue weighted by atomic mass is 32.2. The molecular formula is C12H15F3N2O4S. The highest BCUT2D eigenvalue weighted by Gasteiger charge is 2.38. The Morgan fingerprint density at radius 2 is 1.77 bits per heavy atom. The van der Waals surface area contributed by atoms with Crippen LogP contribution in [0.3, 0.4) is 0 Å². The van der Waals surface area contributed by atoms with Crippen LogP contribution in [0.5, 0.6) is 0 Å². The second-order valence-electron chi connectivity index (χ2n) is 4.53. The molecule has 2 rings (SSSR count). The summed E-state index contributed by atoms with van der Waals surface area (Å²) in [7, 11) is -3.32. The molecule has 6 nitrogen and oxygen atoms in total. The number of hydrogen-bond donors (Lipinski definition) is 2. The van der Waals surface area contributed by atoms with Crippen LogP contribution in [0.2, 0.25) is 0 Å². The molecule has 0 aromatic heterocycles. The van der Waals surface area contributed by atoms with Gasteiger partial charge in [0, 0.05) is 19.1 Å². The van der Waals surface area contributed by atoms with Gasteiger partial charge in [0.15, 0.2) is 0 Å². The Labute approximate surface area is 125 Å². The van der Waals surface area contributed by atoms with Crippen molar-refractivity contribution in [2.24, 2.45) is 5.73 Å². The number of aliphatic carboxylic acids is 1. The minimum atomic E-state index is -5.08. The van der Waals surface area contributed by atoms with E-state index >= 15 is 0 Å². The van der Waals surface area contributed by atoms with E-state index in [0.717, 1.165) is 6.42 Å². The first kappa shape index (κ1) is 18.4. The average molecular weight is 340 g/mol. The molecule has 10 heteroatoms. The fraction of sp³-hybridized carbons (Fsp3) is 0.417. The maximum atomic E-state index is 12.1. The van der Waals surface area contributed by atoms with Crippen molar-refractivity contribution in [3.05, 3.63) is 30.3 Å². The third-order valence-electron chi connectivity index (χ3n) is 2.81. The molecule has 1 aliphatic heterocycles. The summed E-state index contributed by atoms with van der Waals surface area (Å²) in [6.07, 6.45) is -4.34. The molecule has 1 aromatic rings. The second-order valence-corrected chi connectivity index (χ2v) is 6.47. The fourth-order valence-electron chi connectivity index (χ4n) is 1.71. The molecule has 22 heavy (non-hydrogen) atoms. The molecule has 1 atom stereocenters. The molecule has 0 aliphatic carbocycles. The Morgan fingerprint density at radius 3 is 2.14 bits per heavy atom. The van der Waals surface area contributed by atoms with E-state index in [-0.39, 0.29) is 6.04 Å². The van der Waals surface area contributed by atoms with Gasteiger partial charge in [0.05, 0.1) is 4.90 Å². The highest BCUT2D eigenvalue weighted by Crippen LogP contribution is 2.19. The number of alkyl halides is 3. The number of benzene rings is 1. The molecule has 0 bridgehead atoms. The largest absolute Gasteiger partial charge is 0.490 e. The zero-order valence-electron chi connectivity index (χ0n) is 11.3. The first-order chi connectivity index (χ1) is 10.0. The SMILES string of the molecule is NC1CCN(S(=O)(=O)c2ccccc2)C1.O=C(O)C(F)(F)F. The fourth-order valence-corrected chi connectivity index (χ4v) is 3.25. The number of rotatable bonds is 2. The zero-order chi connectivity index (χ0) is 17.0. The molecule has 1 saturated heterocycles. The highest BCUT2D eigenvalue weighted by molar-refractivity contribution is 7.89. The summed E-state index contributed by atoms with van der Waals surface area (Å²) in [6, 6.07) is 8.45. The van der Waals surface area contributed by atoms with Crippen LogP contribution < -0.4 is 5.73 Å². The number of nitrogens with two attached hydrogens (primary N) is 1. The summed E-state index contributed by atoms with van der Waals surface area (Å²) in [4.78, 5) is 9.24. The predicted molar refractivity (Wildman–Crippen MR) is 71.5 cm³/mol. The van der Waals surface area contributed by atoms with Crippen LogP contribution in [0.15, 0.2) is 35.2 Å². The monoisotopic (exact) mass is 340 g/mol. The van der Waals surface area contributed by atoms with Crippen molar-refractivity contribution in [3.63, 3.8) is 0 Å². The average Bonchev–Trinajstić information content (AvgIpc) is 2.87. The minimum Gasteiger partial charge on any atom is -0.475 e. The van der Waals surface area contributed by atoms with Crippen LogP contribution in [0, 0.1) is 0 Å². The van der Waals surface area contributed by atoms with E-state index in [2.05, 4.69) is 0 Å². The van der Waals surface area contributed by atoms with E-state index in [9.17, 15) is 21.6 Å². The molecule has 0 saturated carbocycles. The van der Waals surface area contributed by atoms with Crippen molar-refractivity contribution in [3.8, 4) is 0 Å². The first-order valence-electron chi connectivity index (χ1n) is 6.16. The summed E-state index contributed by atoms with van der Waals surface area (Å²) in [5, 5.41) is 7.12. The Hall–Kier alpha value is -1.65. The molecule has 0 amide bonds. The third kappa shape index (κ3) is 4.97. The Bertz CT molecular complexity index is 605. The van der Waals surface area contributed by atoms with Gasteiger partial charge >= 0.3 is 12.1 Å². The molecule has 0 spiro atoms. The first-order valence-corrected chi connectivity index (χ1v) is 7.60. The topological polar surface area (TPSA) is 101 Å². The molecule has 3 N–H and O–H groups in total. The number of carboxylic acid groups (broad SMARTS) is 1. The number of carboxylic acids is 1. The minimum absolute atomic E-state index is 0.0245. The van der Waals surface area contributed by atoms with Crippen LogP contribution in [0.25, 0.3) is 0 Å². The van der Waals surface area contributed by atoms with E-state index < -0.39 is 22.2 Å². The number of carbonyl (C=O) groups is 1. The molecular weight excluding hydrogens is 325 g/mol. The lowest BCUT2D eigenvalue weighted by Gasteiger charge is -2.15. The zero-order valence-corrected chi connectivity index (χ0v) is 12.1. The molecule has 1 unspecified atom stereocenters. The number of sulfonamides is 1. The predicted octanol–water partition coefficient (Wildman–Crippen LogP) is 1.04. The van der Waals surface area contributed by atoms with Gasteiger partial charge in [-0.05, 0) is 18.6 Å². The van der Waals surface area contributed by atoms with Crippen molar-refractivity contribution in [1.29, 1.82) is 0 Å². The maximum Gasteiger partial charge on any atom is 0.490 e. The number of hydrogen-bond acceptors (Lipinski definition) is 4. The third-order valence-corrected chi connectivity index (χ3v) is 4.69. The van der Waals surface area contributed by atoms with Gasteiger partial charge in [-0.25, -0.2) is 13.2 Å². The summed E-state index contributed by atoms with van der Waals surface area (Å²) in [5.41, 5.74) is 5.69. The van der Waals surface area contributed by atoms with Crippen molar-refractivity contribution in [2.45, 2.75) is 23.5 Å². The standard InChI is InChI=1S/C10H14N2O2S.C2HF3O2/c11-9-6-7-12(8-9)15(13,14)10-4-2-1-3-5-10;3-2(4,5)1(6)7/h1-5,9H,6-8,11H2;(H,6,7). The van der Waals surface area contributed by atoms with E-state index in [1.54, 1.807) is 30.3 Å². The van der Waals surface area contributed by atoms with Gasteiger partial charge in [-0.1, -0.05) is 18.2 Å². The van der Waals surface area contributed by atoms with Crippen molar-refractivity contribution in [2.75, 3.05) is 13.1 Å². The van der Waals surface area contributed by atoms with Crippen molar-refractivity contribution < 1.29 is 31.5 Å². The summed E-state index contributed by atoms with van der Waals surface area (Å²) in [6.45, 7) is 0.954. The van der Waals surface area contributed by atoms with E-state index in [4.69, 9.17) is 15.6 Å². The Kier molecular flexibility index (Phi) is 5.92. The van der Waals surface area contributed by atoms with E-state index in [1.807, 2.05) is 0 Å². The van der Waals surface area contributed by atoms with Crippen LogP contribution in [-0.4, -0.2) is 49.1 Å². The lowest BCUT2D eigenvalue weighted by Crippen LogP contribution is -2.31. The van der Waals surface area contributed by atoms with Crippen LogP contribution in [-0.2, 0) is 14.8 Å². The molecule has 1 heterocycles. The summed E-state index contributed by atoms with van der Waals surface area (Å²) < 4.78 is 57.3. The molecule has 1 aromatic carbocycles. The van der Waals surface area contributed by atoms with Gasteiger partial charge in [0.2, 0.25) is 10.0 Å². The van der Waals surface area contributed by atoms with Gasteiger partial charge < -0.3 is 10.8 Å². The molecule has 1 fully saturated rings. The van der Waals surface area contributed by atoms with Gasteiger partial charge in [-0.3, -0.25) is 0 Å². The maximum absolute atomic E-state index is 12.1. The van der Waals surface area contributed by atoms with Gasteiger partial charge in [0.1, 0.15) is 0 Å². The normalized spacial score (nSPS) is 19.4. The van der Waals surface area contributed by atoms with E-state index in [1.165, 1.54) is 4.31 Å². The molecule has 124 valence electrons. The van der Waals surface area contributed by atoms with Gasteiger partial charge in [-0.15, -0.1) is 0 Å². The van der Waals surface area contributed by atoms with Crippen LogP contribution in [0.1, 0.15) is 6.42 Å². The second kappa shape index (κ2) is 7.07. The summed E-state index contributed by atoms with van der Waals surface area (Å²) >= 11 is 0. The Balaban J connectivity index is 0.000000295. The smallest absolute Gasteiger partial charge is 0.475 e. The van der Waals surface area contributed by atoms with Crippen molar-refractivity contribution in [1.82, 2.24) is 4.31 Å². The van der Waals surface area contributed by atoms with Crippen LogP contribution in [0.4, 0.5) is 13.2 Å². The quantitative estimate of drug-likeness (QED) is 0.838. The lowest BCUT2D eigenvalue weighted by atomic mass is 10.3. The van der Waals surface area contributed by atoms with Crippen LogP contribution >= 0.6 is 0 Å². The molecule has 0 radical (unpaired) electrons. The number of nitrogens with zero attached hydrogens (tertiary/aromatic N) is 1. The van der Waals surface area contributed by atoms with Gasteiger partial charge in [0.25, 0.3) is 0 Å². The number of halogens is 3. The summed E-state index contributed by atoms with van der Waals surface area (Å²) in [5.74, 6) is -2.76. The Morgan fingerprint density at radius 1 is 1.27 bits per heavy atom. The van der Waals surface area contributed by atoms with E-state index in [0.29, 0.717) is 18.0 Å².